The van der Waals surface area contributed by atoms with Crippen LogP contribution in [0.25, 0.3) is 5.82 Å². The lowest BCUT2D eigenvalue weighted by Crippen LogP contribution is -2.49. The van der Waals surface area contributed by atoms with Crippen LogP contribution in [-0.4, -0.2) is 58.1 Å². The highest BCUT2D eigenvalue weighted by atomic mass is 16.5. The molecule has 2 aliphatic rings. The first kappa shape index (κ1) is 17.1. The van der Waals surface area contributed by atoms with Gasteiger partial charge in [-0.25, -0.2) is 4.98 Å². The third-order valence-corrected chi connectivity index (χ3v) is 5.24. The number of aromatic nitrogens is 4. The minimum atomic E-state index is -0.149. The second-order valence-corrected chi connectivity index (χ2v) is 6.81. The zero-order chi connectivity index (χ0) is 17.8. The van der Waals surface area contributed by atoms with Gasteiger partial charge in [-0.2, -0.15) is 0 Å². The molecule has 1 N–H and O–H groups in total. The Labute approximate surface area is 151 Å². The van der Waals surface area contributed by atoms with Crippen molar-refractivity contribution in [2.45, 2.75) is 25.3 Å². The predicted octanol–water partition coefficient (Wildman–Crippen LogP) is 1.22. The second-order valence-electron chi connectivity index (χ2n) is 6.81. The molecule has 4 rings (SSSR count). The van der Waals surface area contributed by atoms with Crippen LogP contribution < -0.4 is 5.32 Å². The minimum absolute atomic E-state index is 0.111. The number of nitrogens with one attached hydrogen (secondary N) is 1. The maximum Gasteiger partial charge on any atom is 0.270 e. The van der Waals surface area contributed by atoms with Crippen molar-refractivity contribution in [1.82, 2.24) is 25.1 Å². The van der Waals surface area contributed by atoms with Gasteiger partial charge in [0.25, 0.3) is 5.91 Å². The summed E-state index contributed by atoms with van der Waals surface area (Å²) in [6.07, 6.45) is 6.01. The van der Waals surface area contributed by atoms with E-state index in [1.807, 2.05) is 12.1 Å². The first-order valence-electron chi connectivity index (χ1n) is 9.09. The van der Waals surface area contributed by atoms with E-state index in [0.29, 0.717) is 36.6 Å². The van der Waals surface area contributed by atoms with Crippen LogP contribution in [-0.2, 0) is 9.47 Å². The summed E-state index contributed by atoms with van der Waals surface area (Å²) in [4.78, 5) is 17.2. The summed E-state index contributed by atoms with van der Waals surface area (Å²) in [6, 6.07) is 5.47. The Morgan fingerprint density at radius 1 is 1.08 bits per heavy atom. The molecule has 1 amide bonds. The summed E-state index contributed by atoms with van der Waals surface area (Å²) in [5.41, 5.74) is 0.397. The fourth-order valence-corrected chi connectivity index (χ4v) is 3.80. The van der Waals surface area contributed by atoms with E-state index < -0.39 is 0 Å². The molecule has 26 heavy (non-hydrogen) atoms. The van der Waals surface area contributed by atoms with E-state index in [1.54, 1.807) is 23.3 Å². The van der Waals surface area contributed by atoms with E-state index in [9.17, 15) is 4.79 Å². The SMILES string of the molecule is O=C(N[C@H]1CCOC[C@H]1C1CCOCC1)c1cccc(-n2cnnc2)n1. The number of hydrogen-bond donors (Lipinski definition) is 1. The molecular weight excluding hydrogens is 334 g/mol. The van der Waals surface area contributed by atoms with Crippen LogP contribution in [0.1, 0.15) is 29.8 Å². The normalized spacial score (nSPS) is 24.3. The molecule has 2 aromatic heterocycles. The summed E-state index contributed by atoms with van der Waals surface area (Å²) in [7, 11) is 0. The molecule has 2 aliphatic heterocycles. The molecule has 0 unspecified atom stereocenters. The molecule has 0 radical (unpaired) electrons. The van der Waals surface area contributed by atoms with Crippen LogP contribution in [0.4, 0.5) is 0 Å². The quantitative estimate of drug-likeness (QED) is 0.885. The molecular formula is C18H23N5O3. The van der Waals surface area contributed by atoms with Crippen LogP contribution >= 0.6 is 0 Å². The molecule has 0 spiro atoms. The first-order valence-corrected chi connectivity index (χ1v) is 9.09. The highest BCUT2D eigenvalue weighted by Crippen LogP contribution is 2.30. The van der Waals surface area contributed by atoms with Gasteiger partial charge in [-0.05, 0) is 37.3 Å². The van der Waals surface area contributed by atoms with Crippen molar-refractivity contribution in [2.75, 3.05) is 26.4 Å². The van der Waals surface area contributed by atoms with Crippen LogP contribution in [0.15, 0.2) is 30.9 Å². The van der Waals surface area contributed by atoms with Gasteiger partial charge in [-0.3, -0.25) is 9.36 Å². The summed E-state index contributed by atoms with van der Waals surface area (Å²) < 4.78 is 12.8. The van der Waals surface area contributed by atoms with Gasteiger partial charge in [0.15, 0.2) is 0 Å². The van der Waals surface area contributed by atoms with E-state index >= 15 is 0 Å². The van der Waals surface area contributed by atoms with Crippen molar-refractivity contribution < 1.29 is 14.3 Å². The molecule has 2 atom stereocenters. The van der Waals surface area contributed by atoms with Crippen LogP contribution in [0.2, 0.25) is 0 Å². The lowest BCUT2D eigenvalue weighted by atomic mass is 9.79. The number of nitrogens with zero attached hydrogens (tertiary/aromatic N) is 4. The largest absolute Gasteiger partial charge is 0.381 e. The standard InChI is InChI=1S/C18H23N5O3/c24-18(16-2-1-3-17(21-16)23-11-19-20-12-23)22-15-6-9-26-10-14(15)13-4-7-25-8-5-13/h1-3,11-15H,4-10H2,(H,22,24)/t14-,15-/m0/s1. The lowest BCUT2D eigenvalue weighted by Gasteiger charge is -2.38. The molecule has 2 saturated heterocycles. The Hall–Kier alpha value is -2.32. The van der Waals surface area contributed by atoms with Crippen molar-refractivity contribution in [3.05, 3.63) is 36.5 Å². The summed E-state index contributed by atoms with van der Waals surface area (Å²) in [6.45, 7) is 2.97. The molecule has 8 nitrogen and oxygen atoms in total. The minimum Gasteiger partial charge on any atom is -0.381 e. The zero-order valence-corrected chi connectivity index (χ0v) is 14.6. The van der Waals surface area contributed by atoms with Gasteiger partial charge in [0.1, 0.15) is 24.2 Å². The molecule has 138 valence electrons. The van der Waals surface area contributed by atoms with Crippen LogP contribution in [0.5, 0.6) is 0 Å². The average Bonchev–Trinajstić information content (AvgIpc) is 3.24. The molecule has 0 bridgehead atoms. The lowest BCUT2D eigenvalue weighted by molar-refractivity contribution is -0.0259. The van der Waals surface area contributed by atoms with E-state index in [0.717, 1.165) is 32.5 Å². The Kier molecular flexibility index (Phi) is 5.21. The van der Waals surface area contributed by atoms with Crippen LogP contribution in [0.3, 0.4) is 0 Å². The third-order valence-electron chi connectivity index (χ3n) is 5.24. The van der Waals surface area contributed by atoms with Crippen molar-refractivity contribution >= 4 is 5.91 Å². The van der Waals surface area contributed by atoms with Crippen LogP contribution in [0, 0.1) is 11.8 Å². The summed E-state index contributed by atoms with van der Waals surface area (Å²) in [5.74, 6) is 1.34. The molecule has 4 heterocycles. The molecule has 0 aromatic carbocycles. The highest BCUT2D eigenvalue weighted by molar-refractivity contribution is 5.92. The van der Waals surface area contributed by atoms with Gasteiger partial charge in [-0.15, -0.1) is 10.2 Å². The third kappa shape index (κ3) is 3.76. The number of carbonyl (C=O) groups excluding carboxylic acids is 1. The zero-order valence-electron chi connectivity index (χ0n) is 14.6. The van der Waals surface area contributed by atoms with Crippen molar-refractivity contribution in [2.24, 2.45) is 11.8 Å². The maximum absolute atomic E-state index is 12.8. The Morgan fingerprint density at radius 3 is 2.65 bits per heavy atom. The van der Waals surface area contributed by atoms with Gasteiger partial charge < -0.3 is 14.8 Å². The monoisotopic (exact) mass is 357 g/mol. The topological polar surface area (TPSA) is 91.2 Å². The van der Waals surface area contributed by atoms with E-state index in [-0.39, 0.29) is 11.9 Å². The number of amides is 1. The van der Waals surface area contributed by atoms with E-state index in [2.05, 4.69) is 20.5 Å². The molecule has 0 aliphatic carbocycles. The maximum atomic E-state index is 12.8. The van der Waals surface area contributed by atoms with Gasteiger partial charge in [0.05, 0.1) is 6.61 Å². The van der Waals surface area contributed by atoms with Crippen molar-refractivity contribution in [3.63, 3.8) is 0 Å². The van der Waals surface area contributed by atoms with Gasteiger partial charge >= 0.3 is 0 Å². The number of ether oxygens (including phenoxy) is 2. The van der Waals surface area contributed by atoms with Gasteiger partial charge in [0, 0.05) is 31.8 Å². The molecule has 8 heteroatoms. The Morgan fingerprint density at radius 2 is 1.85 bits per heavy atom. The molecule has 2 fully saturated rings. The predicted molar refractivity (Wildman–Crippen MR) is 92.9 cm³/mol. The fourth-order valence-electron chi connectivity index (χ4n) is 3.80. The molecule has 0 saturated carbocycles. The number of pyridine rings is 1. The molecule has 2 aromatic rings. The van der Waals surface area contributed by atoms with Gasteiger partial charge in [0.2, 0.25) is 0 Å². The number of hydrogen-bond acceptors (Lipinski definition) is 6. The number of rotatable bonds is 4. The first-order chi connectivity index (χ1) is 12.8. The Bertz CT molecular complexity index is 730. The number of carbonyl (C=O) groups is 1. The Balaban J connectivity index is 1.47. The van der Waals surface area contributed by atoms with Crippen molar-refractivity contribution in [3.8, 4) is 5.82 Å². The van der Waals surface area contributed by atoms with Crippen molar-refractivity contribution in [1.29, 1.82) is 0 Å². The van der Waals surface area contributed by atoms with Gasteiger partial charge in [-0.1, -0.05) is 6.07 Å². The summed E-state index contributed by atoms with van der Waals surface area (Å²) >= 11 is 0. The fraction of sp³-hybridized carbons (Fsp3) is 0.556. The second kappa shape index (κ2) is 7.92. The average molecular weight is 357 g/mol. The van der Waals surface area contributed by atoms with E-state index in [4.69, 9.17) is 9.47 Å². The smallest absolute Gasteiger partial charge is 0.270 e. The summed E-state index contributed by atoms with van der Waals surface area (Å²) in [5, 5.41) is 10.7. The highest BCUT2D eigenvalue weighted by Gasteiger charge is 2.34. The van der Waals surface area contributed by atoms with E-state index in [1.165, 1.54) is 0 Å².